The van der Waals surface area contributed by atoms with Gasteiger partial charge in [-0.1, -0.05) is 13.5 Å². The highest BCUT2D eigenvalue weighted by molar-refractivity contribution is 6.01. The van der Waals surface area contributed by atoms with E-state index in [-0.39, 0.29) is 5.78 Å². The van der Waals surface area contributed by atoms with Crippen LogP contribution in [-0.4, -0.2) is 5.78 Å². The van der Waals surface area contributed by atoms with Crippen molar-refractivity contribution in [2.45, 2.75) is 13.3 Å². The molecule has 0 aliphatic heterocycles. The van der Waals surface area contributed by atoms with Crippen LogP contribution in [0, 0.1) is 5.92 Å². The lowest BCUT2D eigenvalue weighted by atomic mass is 9.81. The van der Waals surface area contributed by atoms with Gasteiger partial charge in [-0.15, -0.1) is 0 Å². The lowest BCUT2D eigenvalue weighted by Gasteiger charge is -2.21. The van der Waals surface area contributed by atoms with Crippen molar-refractivity contribution in [1.29, 1.82) is 0 Å². The van der Waals surface area contributed by atoms with Gasteiger partial charge in [-0.3, -0.25) is 4.79 Å². The Hall–Kier alpha value is -0.590. The van der Waals surface area contributed by atoms with Crippen molar-refractivity contribution < 1.29 is 4.79 Å². The van der Waals surface area contributed by atoms with E-state index < -0.39 is 0 Å². The van der Waals surface area contributed by atoms with Crippen molar-refractivity contribution in [1.82, 2.24) is 0 Å². The summed E-state index contributed by atoms with van der Waals surface area (Å²) in [5.74, 6) is 0.708. The van der Waals surface area contributed by atoms with Gasteiger partial charge in [0.2, 0.25) is 0 Å². The molecule has 1 aliphatic rings. The van der Waals surface area contributed by atoms with Crippen LogP contribution in [0.4, 0.5) is 0 Å². The number of hydrogen-bond donors (Lipinski definition) is 0. The molecule has 0 bridgehead atoms. The predicted octanol–water partition coefficient (Wildman–Crippen LogP) is 1.15. The van der Waals surface area contributed by atoms with Crippen LogP contribution in [0.2, 0.25) is 0 Å². The first-order valence-electron chi connectivity index (χ1n) is 2.44. The number of carbonyl (C=O) groups is 1. The van der Waals surface area contributed by atoms with Crippen LogP contribution in [0.5, 0.6) is 0 Å². The van der Waals surface area contributed by atoms with Gasteiger partial charge in [0, 0.05) is 6.42 Å². The van der Waals surface area contributed by atoms with Crippen molar-refractivity contribution >= 4 is 5.78 Å². The molecule has 0 spiro atoms. The SMILES string of the molecule is C=C1C(=O)CC1C. The minimum atomic E-state index is 0.243. The topological polar surface area (TPSA) is 17.1 Å². The summed E-state index contributed by atoms with van der Waals surface area (Å²) >= 11 is 0. The molecule has 7 heavy (non-hydrogen) atoms. The third-order valence-electron chi connectivity index (χ3n) is 1.44. The molecule has 0 radical (unpaired) electrons. The van der Waals surface area contributed by atoms with E-state index in [1.165, 1.54) is 0 Å². The smallest absolute Gasteiger partial charge is 0.159 e. The second-order valence-corrected chi connectivity index (χ2v) is 2.05. The van der Waals surface area contributed by atoms with Gasteiger partial charge in [-0.25, -0.2) is 0 Å². The van der Waals surface area contributed by atoms with Crippen LogP contribution in [-0.2, 0) is 4.79 Å². The highest BCUT2D eigenvalue weighted by Crippen LogP contribution is 2.26. The number of carbonyl (C=O) groups excluding carboxylic acids is 1. The van der Waals surface area contributed by atoms with E-state index in [4.69, 9.17) is 0 Å². The fourth-order valence-corrected chi connectivity index (χ4v) is 0.676. The Bertz CT molecular complexity index is 124. The quantitative estimate of drug-likeness (QED) is 0.413. The van der Waals surface area contributed by atoms with Crippen molar-refractivity contribution in [3.05, 3.63) is 12.2 Å². The standard InChI is InChI=1S/C6H8O/c1-4-3-6(7)5(4)2/h4H,2-3H2,1H3. The maximum absolute atomic E-state index is 10.3. The molecule has 1 aliphatic carbocycles. The lowest BCUT2D eigenvalue weighted by molar-refractivity contribution is -0.120. The zero-order valence-corrected chi connectivity index (χ0v) is 4.40. The summed E-state index contributed by atoms with van der Waals surface area (Å²) in [5, 5.41) is 0. The molecule has 0 aromatic carbocycles. The largest absolute Gasteiger partial charge is 0.295 e. The number of hydrogen-bond acceptors (Lipinski definition) is 1. The highest BCUT2D eigenvalue weighted by Gasteiger charge is 2.26. The summed E-state index contributed by atoms with van der Waals surface area (Å²) in [5.41, 5.74) is 0.806. The molecule has 1 atom stereocenters. The van der Waals surface area contributed by atoms with Gasteiger partial charge in [0.25, 0.3) is 0 Å². The van der Waals surface area contributed by atoms with Gasteiger partial charge >= 0.3 is 0 Å². The fraction of sp³-hybridized carbons (Fsp3) is 0.500. The summed E-state index contributed by atoms with van der Waals surface area (Å²) in [6.45, 7) is 5.59. The molecule has 1 rings (SSSR count). The van der Waals surface area contributed by atoms with Crippen LogP contribution < -0.4 is 0 Å². The monoisotopic (exact) mass is 96.1 g/mol. The molecule has 38 valence electrons. The first kappa shape index (κ1) is 4.57. The van der Waals surface area contributed by atoms with E-state index >= 15 is 0 Å². The molecule has 1 saturated carbocycles. The molecule has 0 heterocycles. The van der Waals surface area contributed by atoms with Gasteiger partial charge in [0.05, 0.1) is 0 Å². The van der Waals surface area contributed by atoms with Gasteiger partial charge in [0.15, 0.2) is 5.78 Å². The Morgan fingerprint density at radius 2 is 2.43 bits per heavy atom. The third kappa shape index (κ3) is 0.483. The average molecular weight is 96.1 g/mol. The highest BCUT2D eigenvalue weighted by atomic mass is 16.1. The minimum Gasteiger partial charge on any atom is -0.295 e. The molecule has 1 heteroatoms. The molecule has 0 N–H and O–H groups in total. The van der Waals surface area contributed by atoms with Gasteiger partial charge < -0.3 is 0 Å². The van der Waals surface area contributed by atoms with Gasteiger partial charge in [0.1, 0.15) is 0 Å². The number of allylic oxidation sites excluding steroid dienone is 1. The summed E-state index contributed by atoms with van der Waals surface area (Å²) in [7, 11) is 0. The summed E-state index contributed by atoms with van der Waals surface area (Å²) < 4.78 is 0. The lowest BCUT2D eigenvalue weighted by Crippen LogP contribution is -2.23. The van der Waals surface area contributed by atoms with E-state index in [9.17, 15) is 4.79 Å². The minimum absolute atomic E-state index is 0.243. The fourth-order valence-electron chi connectivity index (χ4n) is 0.676. The van der Waals surface area contributed by atoms with Crippen LogP contribution in [0.15, 0.2) is 12.2 Å². The van der Waals surface area contributed by atoms with Gasteiger partial charge in [-0.2, -0.15) is 0 Å². The zero-order valence-electron chi connectivity index (χ0n) is 4.40. The molecule has 1 fully saturated rings. The Balaban J connectivity index is 2.60. The number of ketones is 1. The molecule has 1 nitrogen and oxygen atoms in total. The Labute approximate surface area is 43.0 Å². The van der Waals surface area contributed by atoms with E-state index in [1.54, 1.807) is 0 Å². The summed E-state index contributed by atoms with van der Waals surface area (Å²) in [6, 6.07) is 0. The van der Waals surface area contributed by atoms with E-state index in [1.807, 2.05) is 6.92 Å². The van der Waals surface area contributed by atoms with Crippen LogP contribution >= 0.6 is 0 Å². The maximum Gasteiger partial charge on any atom is 0.159 e. The molecule has 0 aromatic rings. The van der Waals surface area contributed by atoms with Crippen molar-refractivity contribution in [3.63, 3.8) is 0 Å². The normalized spacial score (nSPS) is 30.1. The predicted molar refractivity (Wildman–Crippen MR) is 27.9 cm³/mol. The second-order valence-electron chi connectivity index (χ2n) is 2.05. The first-order valence-corrected chi connectivity index (χ1v) is 2.44. The third-order valence-corrected chi connectivity index (χ3v) is 1.44. The molecular weight excluding hydrogens is 88.1 g/mol. The first-order chi connectivity index (χ1) is 3.22. The van der Waals surface area contributed by atoms with E-state index in [0.717, 1.165) is 12.0 Å². The Morgan fingerprint density at radius 1 is 1.86 bits per heavy atom. The van der Waals surface area contributed by atoms with Crippen molar-refractivity contribution in [3.8, 4) is 0 Å². The average Bonchev–Trinajstić information content (AvgIpc) is 1.68. The molecular formula is C6H8O. The Morgan fingerprint density at radius 3 is 2.43 bits per heavy atom. The molecule has 0 amide bonds. The van der Waals surface area contributed by atoms with Crippen molar-refractivity contribution in [2.75, 3.05) is 0 Å². The van der Waals surface area contributed by atoms with Crippen molar-refractivity contribution in [2.24, 2.45) is 5.92 Å². The summed E-state index contributed by atoms with van der Waals surface area (Å²) in [4.78, 5) is 10.3. The maximum atomic E-state index is 10.3. The zero-order chi connectivity index (χ0) is 5.44. The van der Waals surface area contributed by atoms with E-state index in [2.05, 4.69) is 6.58 Å². The second kappa shape index (κ2) is 1.19. The number of Topliss-reactive ketones (excluding diaryl/α,β-unsaturated/α-hetero) is 1. The molecule has 1 unspecified atom stereocenters. The Kier molecular flexibility index (Phi) is 0.775. The van der Waals surface area contributed by atoms with Gasteiger partial charge in [-0.05, 0) is 11.5 Å². The molecule has 0 saturated heterocycles. The van der Waals surface area contributed by atoms with E-state index in [0.29, 0.717) is 5.92 Å². The molecule has 0 aromatic heterocycles. The van der Waals surface area contributed by atoms with Crippen LogP contribution in [0.25, 0.3) is 0 Å². The summed E-state index contributed by atoms with van der Waals surface area (Å²) in [6.07, 6.45) is 0.721. The number of rotatable bonds is 0. The van der Waals surface area contributed by atoms with Crippen LogP contribution in [0.3, 0.4) is 0 Å². The van der Waals surface area contributed by atoms with Crippen LogP contribution in [0.1, 0.15) is 13.3 Å².